The lowest BCUT2D eigenvalue weighted by atomic mass is 9.94. The van der Waals surface area contributed by atoms with Crippen LogP contribution in [0.25, 0.3) is 22.0 Å². The molecule has 1 saturated carbocycles. The highest BCUT2D eigenvalue weighted by Gasteiger charge is 2.27. The first-order valence-corrected chi connectivity index (χ1v) is 12.8. The van der Waals surface area contributed by atoms with Crippen LogP contribution in [0.1, 0.15) is 37.7 Å². The molecule has 1 saturated heterocycles. The van der Waals surface area contributed by atoms with E-state index in [1.165, 1.54) is 37.7 Å². The molecule has 0 atom stereocenters. The van der Waals surface area contributed by atoms with E-state index in [4.69, 9.17) is 4.98 Å². The SMILES string of the molecule is Cc1ccc(-c2csc(-c3cccn3CC(=O)N3CCN(C4CCCCC4)CC3)n2)cc1. The van der Waals surface area contributed by atoms with Gasteiger partial charge in [0.25, 0.3) is 0 Å². The maximum Gasteiger partial charge on any atom is 0.242 e. The number of piperazine rings is 1. The molecule has 3 heterocycles. The molecular formula is C26H32N4OS. The molecule has 5 nitrogen and oxygen atoms in total. The Labute approximate surface area is 194 Å². The van der Waals surface area contributed by atoms with Crippen LogP contribution in [0.4, 0.5) is 0 Å². The molecule has 2 aliphatic rings. The molecule has 6 heteroatoms. The lowest BCUT2D eigenvalue weighted by molar-refractivity contribution is -0.134. The summed E-state index contributed by atoms with van der Waals surface area (Å²) in [6.45, 7) is 6.20. The average Bonchev–Trinajstić information content (AvgIpc) is 3.50. The molecule has 2 aromatic heterocycles. The molecule has 1 amide bonds. The van der Waals surface area contributed by atoms with E-state index in [-0.39, 0.29) is 5.91 Å². The Morgan fingerprint density at radius 3 is 2.53 bits per heavy atom. The Kier molecular flexibility index (Phi) is 6.42. The maximum absolute atomic E-state index is 13.1. The molecule has 0 unspecified atom stereocenters. The Morgan fingerprint density at radius 1 is 1.03 bits per heavy atom. The molecule has 1 aliphatic heterocycles. The van der Waals surface area contributed by atoms with E-state index >= 15 is 0 Å². The van der Waals surface area contributed by atoms with Crippen LogP contribution in [0.15, 0.2) is 48.0 Å². The predicted molar refractivity (Wildman–Crippen MR) is 131 cm³/mol. The Bertz CT molecular complexity index is 1040. The van der Waals surface area contributed by atoms with E-state index in [0.29, 0.717) is 6.54 Å². The van der Waals surface area contributed by atoms with Crippen LogP contribution >= 0.6 is 11.3 Å². The predicted octanol–water partition coefficient (Wildman–Crippen LogP) is 5.06. The molecule has 3 aromatic rings. The number of benzene rings is 1. The first kappa shape index (κ1) is 21.4. The van der Waals surface area contributed by atoms with Crippen LogP contribution in [0.5, 0.6) is 0 Å². The summed E-state index contributed by atoms with van der Waals surface area (Å²) in [7, 11) is 0. The molecule has 1 aromatic carbocycles. The summed E-state index contributed by atoms with van der Waals surface area (Å²) in [5.74, 6) is 0.209. The van der Waals surface area contributed by atoms with Crippen molar-refractivity contribution in [3.05, 3.63) is 53.5 Å². The average molecular weight is 449 g/mol. The van der Waals surface area contributed by atoms with Gasteiger partial charge in [-0.25, -0.2) is 4.98 Å². The Morgan fingerprint density at radius 2 is 1.78 bits per heavy atom. The number of carbonyl (C=O) groups is 1. The fourth-order valence-corrected chi connectivity index (χ4v) is 5.89. The third-order valence-corrected chi connectivity index (χ3v) is 7.83. The summed E-state index contributed by atoms with van der Waals surface area (Å²) >= 11 is 1.64. The van der Waals surface area contributed by atoms with Crippen molar-refractivity contribution in [1.82, 2.24) is 19.4 Å². The first-order valence-electron chi connectivity index (χ1n) is 11.9. The summed E-state index contributed by atoms with van der Waals surface area (Å²) in [6.07, 6.45) is 8.78. The zero-order chi connectivity index (χ0) is 21.9. The summed E-state index contributed by atoms with van der Waals surface area (Å²) in [5, 5.41) is 3.06. The van der Waals surface area contributed by atoms with Crippen LogP contribution in [0.3, 0.4) is 0 Å². The van der Waals surface area contributed by atoms with Crippen LogP contribution < -0.4 is 0 Å². The molecule has 5 rings (SSSR count). The van der Waals surface area contributed by atoms with E-state index in [9.17, 15) is 4.79 Å². The normalized spacial score (nSPS) is 18.2. The van der Waals surface area contributed by atoms with Crippen molar-refractivity contribution in [1.29, 1.82) is 0 Å². The second kappa shape index (κ2) is 9.59. The first-order chi connectivity index (χ1) is 15.7. The second-order valence-electron chi connectivity index (χ2n) is 9.13. The van der Waals surface area contributed by atoms with Gasteiger partial charge in [-0.15, -0.1) is 11.3 Å². The topological polar surface area (TPSA) is 41.4 Å². The number of aryl methyl sites for hydroxylation is 1. The van der Waals surface area contributed by atoms with Crippen LogP contribution in [-0.4, -0.2) is 57.5 Å². The van der Waals surface area contributed by atoms with Crippen molar-refractivity contribution in [2.24, 2.45) is 0 Å². The smallest absolute Gasteiger partial charge is 0.242 e. The number of aromatic nitrogens is 2. The number of nitrogens with zero attached hydrogens (tertiary/aromatic N) is 4. The van der Waals surface area contributed by atoms with E-state index < -0.39 is 0 Å². The molecule has 0 N–H and O–H groups in total. The fourth-order valence-electron chi connectivity index (χ4n) is 5.02. The van der Waals surface area contributed by atoms with Crippen molar-refractivity contribution in [3.63, 3.8) is 0 Å². The van der Waals surface area contributed by atoms with Crippen molar-refractivity contribution in [2.75, 3.05) is 26.2 Å². The molecule has 168 valence electrons. The van der Waals surface area contributed by atoms with Gasteiger partial charge in [0.1, 0.15) is 11.6 Å². The van der Waals surface area contributed by atoms with Crippen LogP contribution in [-0.2, 0) is 11.3 Å². The fraction of sp³-hybridized carbons (Fsp3) is 0.462. The standard InChI is InChI=1S/C26H32N4OS/c1-20-9-11-21(12-10-20)23-19-32-26(27-23)24-8-5-13-30(24)18-25(31)29-16-14-28(15-17-29)22-6-3-2-4-7-22/h5,8-13,19,22H,2-4,6-7,14-18H2,1H3. The van der Waals surface area contributed by atoms with Gasteiger partial charge in [-0.2, -0.15) is 0 Å². The van der Waals surface area contributed by atoms with Crippen molar-refractivity contribution in [2.45, 2.75) is 51.6 Å². The van der Waals surface area contributed by atoms with Gasteiger partial charge < -0.3 is 9.47 Å². The summed E-state index contributed by atoms with van der Waals surface area (Å²) in [6, 6.07) is 13.3. The molecule has 1 aliphatic carbocycles. The number of hydrogen-bond donors (Lipinski definition) is 0. The zero-order valence-corrected chi connectivity index (χ0v) is 19.7. The minimum absolute atomic E-state index is 0.209. The Balaban J connectivity index is 1.22. The second-order valence-corrected chi connectivity index (χ2v) is 9.99. The van der Waals surface area contributed by atoms with Gasteiger partial charge in [0.15, 0.2) is 0 Å². The molecule has 0 spiro atoms. The summed E-state index contributed by atoms with van der Waals surface area (Å²) in [4.78, 5) is 22.6. The lowest BCUT2D eigenvalue weighted by Crippen LogP contribution is -2.52. The van der Waals surface area contributed by atoms with E-state index in [2.05, 4.69) is 47.5 Å². The Hall–Kier alpha value is -2.44. The molecule has 2 fully saturated rings. The highest BCUT2D eigenvalue weighted by atomic mass is 32.1. The maximum atomic E-state index is 13.1. The summed E-state index contributed by atoms with van der Waals surface area (Å²) < 4.78 is 2.05. The van der Waals surface area contributed by atoms with E-state index in [0.717, 1.165) is 54.2 Å². The third-order valence-electron chi connectivity index (χ3n) is 6.96. The molecule has 0 bridgehead atoms. The van der Waals surface area contributed by atoms with Gasteiger partial charge in [-0.05, 0) is 31.9 Å². The van der Waals surface area contributed by atoms with Gasteiger partial charge in [0, 0.05) is 49.4 Å². The third kappa shape index (κ3) is 4.66. The number of amides is 1. The van der Waals surface area contributed by atoms with Gasteiger partial charge in [-0.3, -0.25) is 9.69 Å². The minimum atomic E-state index is 0.209. The highest BCUT2D eigenvalue weighted by molar-refractivity contribution is 7.13. The number of rotatable bonds is 5. The van der Waals surface area contributed by atoms with Crippen molar-refractivity contribution in [3.8, 4) is 22.0 Å². The van der Waals surface area contributed by atoms with Crippen molar-refractivity contribution < 1.29 is 4.79 Å². The van der Waals surface area contributed by atoms with Gasteiger partial charge in [-0.1, -0.05) is 49.1 Å². The van der Waals surface area contributed by atoms with E-state index in [1.54, 1.807) is 11.3 Å². The van der Waals surface area contributed by atoms with E-state index in [1.807, 2.05) is 21.7 Å². The largest absolute Gasteiger partial charge is 0.339 e. The molecule has 0 radical (unpaired) electrons. The minimum Gasteiger partial charge on any atom is -0.339 e. The van der Waals surface area contributed by atoms with Crippen molar-refractivity contribution >= 4 is 17.2 Å². The molecular weight excluding hydrogens is 416 g/mol. The van der Waals surface area contributed by atoms with Crippen LogP contribution in [0, 0.1) is 6.92 Å². The zero-order valence-electron chi connectivity index (χ0n) is 18.9. The quantitative estimate of drug-likeness (QED) is 0.548. The summed E-state index contributed by atoms with van der Waals surface area (Å²) in [5.41, 5.74) is 4.38. The van der Waals surface area contributed by atoms with Gasteiger partial charge >= 0.3 is 0 Å². The number of thiazole rings is 1. The number of carbonyl (C=O) groups excluding carboxylic acids is 1. The van der Waals surface area contributed by atoms with Gasteiger partial charge in [0.2, 0.25) is 5.91 Å². The van der Waals surface area contributed by atoms with Crippen LogP contribution in [0.2, 0.25) is 0 Å². The monoisotopic (exact) mass is 448 g/mol. The van der Waals surface area contributed by atoms with Gasteiger partial charge in [0.05, 0.1) is 11.4 Å². The molecule has 32 heavy (non-hydrogen) atoms. The number of hydrogen-bond acceptors (Lipinski definition) is 4. The lowest BCUT2D eigenvalue weighted by Gasteiger charge is -2.40. The highest BCUT2D eigenvalue weighted by Crippen LogP contribution is 2.30.